The zero-order valence-corrected chi connectivity index (χ0v) is 22.5. The quantitative estimate of drug-likeness (QED) is 0.315. The van der Waals surface area contributed by atoms with E-state index < -0.39 is 0 Å². The van der Waals surface area contributed by atoms with Crippen molar-refractivity contribution in [2.45, 2.75) is 57.9 Å². The molecule has 0 heterocycles. The van der Waals surface area contributed by atoms with E-state index in [0.717, 1.165) is 0 Å². The van der Waals surface area contributed by atoms with Gasteiger partial charge in [-0.3, -0.25) is 0 Å². The van der Waals surface area contributed by atoms with Gasteiger partial charge in [-0.25, -0.2) is 0 Å². The van der Waals surface area contributed by atoms with Crippen LogP contribution in [0.25, 0.3) is 0 Å². The Kier molecular flexibility index (Phi) is 11.4. The fourth-order valence-electron chi connectivity index (χ4n) is 5.66. The first kappa shape index (κ1) is 28.6. The van der Waals surface area contributed by atoms with Gasteiger partial charge in [0.15, 0.2) is 0 Å². The molecule has 0 amide bonds. The van der Waals surface area contributed by atoms with E-state index in [4.69, 9.17) is 0 Å². The number of rotatable bonds is 12. The van der Waals surface area contributed by atoms with Crippen LogP contribution in [0.3, 0.4) is 0 Å². The first-order chi connectivity index (χ1) is 16.2. The molecule has 0 saturated heterocycles. The van der Waals surface area contributed by atoms with Gasteiger partial charge in [-0.15, -0.1) is 0 Å². The van der Waals surface area contributed by atoms with Gasteiger partial charge in [0.25, 0.3) is 0 Å². The van der Waals surface area contributed by atoms with Crippen LogP contribution in [-0.4, -0.2) is 70.9 Å². The molecule has 0 saturated carbocycles. The van der Waals surface area contributed by atoms with Crippen LogP contribution in [0, 0.1) is 11.8 Å². The molecule has 0 radical (unpaired) electrons. The predicted octanol–water partition coefficient (Wildman–Crippen LogP) is 5.98. The zero-order valence-electron chi connectivity index (χ0n) is 22.5. The molecule has 0 nitrogen and oxygen atoms in total. The van der Waals surface area contributed by atoms with Crippen LogP contribution < -0.4 is 0 Å². The monoisotopic (exact) mass is 422 g/mol. The van der Waals surface area contributed by atoms with Crippen LogP contribution in [-0.2, 0) is 18.4 Å². The Morgan fingerprint density at radius 1 is 0.529 bits per heavy atom. The summed E-state index contributed by atoms with van der Waals surface area (Å²) in [6, 6.07) is 31.4. The molecule has 0 spiro atoms. The van der Waals surface area contributed by atoms with E-state index in [0.29, 0.717) is 11.8 Å². The first-order valence-electron chi connectivity index (χ1n) is 13.3. The summed E-state index contributed by atoms with van der Waals surface area (Å²) >= 11 is 9.54. The predicted molar refractivity (Wildman–Crippen MR) is 150 cm³/mol. The summed E-state index contributed by atoms with van der Waals surface area (Å²) in [5.74, 6) is 1.42. The second-order valence-corrected chi connectivity index (χ2v) is 12.0. The molecule has 0 fully saturated rings. The standard InChI is InChI=1S/C30H34.4Li/c1-25(13-17-27-9-5-3-6-10-27)15-19-29-21-23-30(24-22-29)20-16-26(2)14-18-28-11-7-4-8-12-28;;;;/h3-12,21-26H,13-16,19-20H2,1-2H3;;;;. The zero-order chi connectivity index (χ0) is 24.6. The Bertz CT molecular complexity index is 899. The van der Waals surface area contributed by atoms with Crippen molar-refractivity contribution in [3.8, 4) is 0 Å². The summed E-state index contributed by atoms with van der Waals surface area (Å²) < 4.78 is 0.465. The third-order valence-corrected chi connectivity index (χ3v) is 7.70. The number of hydrogen-bond donors (Lipinski definition) is 0. The summed E-state index contributed by atoms with van der Waals surface area (Å²) in [6.07, 6.45) is 7.31. The van der Waals surface area contributed by atoms with Gasteiger partial charge in [0, 0.05) is 0 Å². The van der Waals surface area contributed by atoms with Crippen molar-refractivity contribution in [1.82, 2.24) is 0 Å². The summed E-state index contributed by atoms with van der Waals surface area (Å²) in [6.45, 7) is 4.83. The normalized spacial score (nSPS) is 14.2. The summed E-state index contributed by atoms with van der Waals surface area (Å²) in [7, 11) is 0. The first-order valence-corrected chi connectivity index (χ1v) is 13.3. The molecule has 0 aromatic heterocycles. The van der Waals surface area contributed by atoms with E-state index in [1.807, 2.05) is 0 Å². The molecule has 2 atom stereocenters. The third-order valence-electron chi connectivity index (χ3n) is 7.70. The van der Waals surface area contributed by atoms with Crippen LogP contribution in [0.5, 0.6) is 0 Å². The van der Waals surface area contributed by atoms with Crippen LogP contribution in [0.2, 0.25) is 0 Å². The molecule has 0 aliphatic carbocycles. The Balaban J connectivity index is 1.43. The van der Waals surface area contributed by atoms with Crippen LogP contribution >= 0.6 is 0 Å². The van der Waals surface area contributed by atoms with Crippen molar-refractivity contribution in [2.75, 3.05) is 0 Å². The van der Waals surface area contributed by atoms with E-state index >= 15 is 0 Å². The fourth-order valence-corrected chi connectivity index (χ4v) is 5.66. The summed E-state index contributed by atoms with van der Waals surface area (Å²) in [4.78, 5) is 0. The number of aryl methyl sites for hydroxylation is 2. The van der Waals surface area contributed by atoms with Gasteiger partial charge in [-0.1, -0.05) is 0 Å². The van der Waals surface area contributed by atoms with Crippen molar-refractivity contribution in [2.24, 2.45) is 11.8 Å². The van der Waals surface area contributed by atoms with Crippen molar-refractivity contribution in [1.29, 1.82) is 0 Å². The van der Waals surface area contributed by atoms with E-state index in [9.17, 15) is 0 Å². The van der Waals surface area contributed by atoms with Gasteiger partial charge in [-0.2, -0.15) is 0 Å². The Labute approximate surface area is 245 Å². The van der Waals surface area contributed by atoms with Crippen molar-refractivity contribution in [3.05, 3.63) is 107 Å². The van der Waals surface area contributed by atoms with Gasteiger partial charge in [0.05, 0.1) is 0 Å². The molecule has 0 aliphatic rings. The minimum atomic E-state index is 0.232. The van der Waals surface area contributed by atoms with E-state index in [-0.39, 0.29) is 5.52 Å². The molecule has 2 unspecified atom stereocenters. The van der Waals surface area contributed by atoms with Crippen molar-refractivity contribution >= 4 is 70.9 Å². The molecule has 0 bridgehead atoms. The van der Waals surface area contributed by atoms with Crippen LogP contribution in [0.15, 0.2) is 84.9 Å². The number of hydrogen-bond acceptors (Lipinski definition) is 0. The maximum atomic E-state index is 2.41. The molecule has 0 aliphatic heterocycles. The molecule has 34 heavy (non-hydrogen) atoms. The van der Waals surface area contributed by atoms with Gasteiger partial charge < -0.3 is 0 Å². The Morgan fingerprint density at radius 2 is 0.853 bits per heavy atom. The van der Waals surface area contributed by atoms with Gasteiger partial charge in [-0.05, 0) is 0 Å². The molecule has 4 heteroatoms. The summed E-state index contributed by atoms with van der Waals surface area (Å²) in [5, 5.41) is 0. The molecule has 3 aromatic rings. The third kappa shape index (κ3) is 9.17. The average molecular weight is 422 g/mol. The van der Waals surface area contributed by atoms with Gasteiger partial charge >= 0.3 is 248 Å². The van der Waals surface area contributed by atoms with Crippen molar-refractivity contribution in [3.63, 3.8) is 0 Å². The maximum absolute atomic E-state index is 2.41. The van der Waals surface area contributed by atoms with Gasteiger partial charge in [0.2, 0.25) is 0 Å². The van der Waals surface area contributed by atoms with Gasteiger partial charge in [0.1, 0.15) is 0 Å². The molecule has 3 rings (SSSR count). The molecule has 0 N–H and O–H groups in total. The minimum absolute atomic E-state index is 0.232. The molecular weight excluding hydrogens is 388 g/mol. The molecule has 158 valence electrons. The molecule has 3 aromatic carbocycles. The fraction of sp³-hybridized carbons (Fsp3) is 0.400. The summed E-state index contributed by atoms with van der Waals surface area (Å²) in [5.41, 5.74) is 5.86. The second-order valence-electron chi connectivity index (χ2n) is 12.0. The topological polar surface area (TPSA) is 0 Å². The van der Waals surface area contributed by atoms with Crippen LogP contribution in [0.1, 0.15) is 61.8 Å². The van der Waals surface area contributed by atoms with Crippen LogP contribution in [0.4, 0.5) is 0 Å². The van der Waals surface area contributed by atoms with E-state index in [1.165, 1.54) is 60.8 Å². The molecular formula is C30H34Li4. The van der Waals surface area contributed by atoms with E-state index in [2.05, 4.69) is 170 Å². The van der Waals surface area contributed by atoms with E-state index in [1.54, 1.807) is 0 Å². The Morgan fingerprint density at radius 3 is 1.18 bits per heavy atom. The Hall–Kier alpha value is 0.0496. The average Bonchev–Trinajstić information content (AvgIpc) is 2.83. The number of benzene rings is 3. The second kappa shape index (κ2) is 13.6. The SMILES string of the molecule is [Li][C]([Li])(CC(C)CCc1ccc(CCC(C)C[C]([Li])([Li])c2ccccc2)cc1)c1ccccc1. The van der Waals surface area contributed by atoms with Crippen molar-refractivity contribution < 1.29 is 0 Å².